The van der Waals surface area contributed by atoms with Crippen LogP contribution in [0.4, 0.5) is 0 Å². The number of benzene rings is 1. The molecule has 3 rings (SSSR count). The van der Waals surface area contributed by atoms with Crippen molar-refractivity contribution in [3.8, 4) is 5.75 Å². The number of nitrogens with zero attached hydrogens (tertiary/aromatic N) is 2. The maximum absolute atomic E-state index is 6.14. The fourth-order valence-electron chi connectivity index (χ4n) is 3.50. The van der Waals surface area contributed by atoms with E-state index in [9.17, 15) is 0 Å². The number of hydrogen-bond donors (Lipinski definition) is 2. The molecule has 1 aliphatic carbocycles. The van der Waals surface area contributed by atoms with Crippen molar-refractivity contribution < 1.29 is 9.47 Å². The molecule has 1 saturated carbocycles. The van der Waals surface area contributed by atoms with Gasteiger partial charge in [0.25, 0.3) is 0 Å². The Bertz CT molecular complexity index is 637. The largest absolute Gasteiger partial charge is 0.490 e. The van der Waals surface area contributed by atoms with E-state index in [1.165, 1.54) is 19.3 Å². The molecule has 1 aromatic carbocycles. The lowest BCUT2D eigenvalue weighted by Crippen LogP contribution is -2.56. The van der Waals surface area contributed by atoms with Crippen LogP contribution in [0.5, 0.6) is 5.75 Å². The third kappa shape index (κ3) is 5.85. The fourth-order valence-corrected chi connectivity index (χ4v) is 3.50. The molecular weight excluding hydrogens is 352 g/mol. The van der Waals surface area contributed by atoms with Crippen LogP contribution in [0.1, 0.15) is 45.6 Å². The maximum atomic E-state index is 6.14. The Kier molecular flexibility index (Phi) is 7.57. The molecule has 6 nitrogen and oxygen atoms in total. The van der Waals surface area contributed by atoms with Crippen LogP contribution in [0.3, 0.4) is 0 Å². The number of hydrogen-bond acceptors (Lipinski definition) is 4. The number of ether oxygens (including phenoxy) is 2. The van der Waals surface area contributed by atoms with Crippen LogP contribution in [-0.4, -0.2) is 61.9 Å². The van der Waals surface area contributed by atoms with Crippen LogP contribution in [0, 0.1) is 0 Å². The summed E-state index contributed by atoms with van der Waals surface area (Å²) in [6, 6.07) is 8.26. The van der Waals surface area contributed by atoms with E-state index in [2.05, 4.69) is 54.5 Å². The van der Waals surface area contributed by atoms with Crippen molar-refractivity contribution in [2.75, 3.05) is 39.4 Å². The van der Waals surface area contributed by atoms with Gasteiger partial charge in [-0.15, -0.1) is 0 Å². The Labute approximate surface area is 169 Å². The first-order valence-electron chi connectivity index (χ1n) is 10.7. The zero-order chi connectivity index (χ0) is 19.8. The van der Waals surface area contributed by atoms with Gasteiger partial charge in [0, 0.05) is 37.3 Å². The van der Waals surface area contributed by atoms with Crippen LogP contribution in [0.15, 0.2) is 29.3 Å². The van der Waals surface area contributed by atoms with Crippen molar-refractivity contribution in [3.05, 3.63) is 29.8 Å². The molecule has 1 saturated heterocycles. The Balaban J connectivity index is 1.59. The number of aliphatic imine (C=N–C) groups is 1. The van der Waals surface area contributed by atoms with Crippen molar-refractivity contribution in [2.45, 2.75) is 58.2 Å². The third-order valence-electron chi connectivity index (χ3n) is 5.63. The molecule has 1 aromatic rings. The maximum Gasteiger partial charge on any atom is 0.191 e. The Morgan fingerprint density at radius 2 is 1.96 bits per heavy atom. The summed E-state index contributed by atoms with van der Waals surface area (Å²) in [5, 5.41) is 6.89. The lowest BCUT2D eigenvalue weighted by Gasteiger charge is -2.41. The van der Waals surface area contributed by atoms with E-state index in [4.69, 9.17) is 14.5 Å². The molecule has 0 amide bonds. The van der Waals surface area contributed by atoms with E-state index >= 15 is 0 Å². The van der Waals surface area contributed by atoms with Gasteiger partial charge in [-0.1, -0.05) is 18.2 Å². The quantitative estimate of drug-likeness (QED) is 0.530. The second-order valence-electron chi connectivity index (χ2n) is 8.24. The zero-order valence-corrected chi connectivity index (χ0v) is 17.7. The molecule has 2 fully saturated rings. The SMILES string of the molecule is CCNC(=NCc1ccccc1OC1CCC1)NCC(C)(C)N1CCOCC1. The Morgan fingerprint density at radius 1 is 1.21 bits per heavy atom. The Morgan fingerprint density at radius 3 is 2.64 bits per heavy atom. The molecule has 0 unspecified atom stereocenters. The first kappa shape index (κ1) is 20.9. The van der Waals surface area contributed by atoms with Gasteiger partial charge in [0.2, 0.25) is 0 Å². The molecule has 0 radical (unpaired) electrons. The minimum atomic E-state index is 0.0468. The molecule has 6 heteroatoms. The van der Waals surface area contributed by atoms with Gasteiger partial charge in [-0.3, -0.25) is 4.90 Å². The van der Waals surface area contributed by atoms with E-state index in [1.54, 1.807) is 0 Å². The summed E-state index contributed by atoms with van der Waals surface area (Å²) in [6.45, 7) is 12.5. The molecule has 2 aliphatic rings. The van der Waals surface area contributed by atoms with Gasteiger partial charge in [-0.25, -0.2) is 4.99 Å². The van der Waals surface area contributed by atoms with Crippen molar-refractivity contribution in [2.24, 2.45) is 4.99 Å². The molecular formula is C22H36N4O2. The van der Waals surface area contributed by atoms with Gasteiger partial charge >= 0.3 is 0 Å². The molecule has 2 N–H and O–H groups in total. The van der Waals surface area contributed by atoms with Gasteiger partial charge in [-0.2, -0.15) is 0 Å². The lowest BCUT2D eigenvalue weighted by molar-refractivity contribution is -0.00834. The van der Waals surface area contributed by atoms with E-state index in [1.807, 2.05) is 6.07 Å². The van der Waals surface area contributed by atoms with Crippen LogP contribution < -0.4 is 15.4 Å². The highest BCUT2D eigenvalue weighted by molar-refractivity contribution is 5.79. The standard InChI is InChI=1S/C22H36N4O2/c1-4-23-21(25-17-22(2,3)26-12-14-27-15-13-26)24-16-18-8-5-6-11-20(18)28-19-9-7-10-19/h5-6,8,11,19H,4,7,9-10,12-17H2,1-3H3,(H2,23,24,25). The summed E-state index contributed by atoms with van der Waals surface area (Å²) in [5.41, 5.74) is 1.18. The highest BCUT2D eigenvalue weighted by Gasteiger charge is 2.28. The second kappa shape index (κ2) is 10.1. The van der Waals surface area contributed by atoms with Crippen LogP contribution in [0.2, 0.25) is 0 Å². The van der Waals surface area contributed by atoms with E-state index < -0.39 is 0 Å². The molecule has 0 aromatic heterocycles. The van der Waals surface area contributed by atoms with E-state index in [-0.39, 0.29) is 5.54 Å². The topological polar surface area (TPSA) is 58.1 Å². The summed E-state index contributed by atoms with van der Waals surface area (Å²) < 4.78 is 11.6. The smallest absolute Gasteiger partial charge is 0.191 e. The average molecular weight is 389 g/mol. The van der Waals surface area contributed by atoms with Crippen molar-refractivity contribution in [1.29, 1.82) is 0 Å². The van der Waals surface area contributed by atoms with Gasteiger partial charge in [0.1, 0.15) is 5.75 Å². The van der Waals surface area contributed by atoms with E-state index in [0.717, 1.165) is 56.7 Å². The minimum absolute atomic E-state index is 0.0468. The lowest BCUT2D eigenvalue weighted by atomic mass is 9.96. The summed E-state index contributed by atoms with van der Waals surface area (Å²) >= 11 is 0. The van der Waals surface area contributed by atoms with Gasteiger partial charge in [0.05, 0.1) is 25.9 Å². The number of morpholine rings is 1. The number of para-hydroxylation sites is 1. The molecule has 0 atom stereocenters. The summed E-state index contributed by atoms with van der Waals surface area (Å²) in [5.74, 6) is 1.82. The fraction of sp³-hybridized carbons (Fsp3) is 0.682. The third-order valence-corrected chi connectivity index (χ3v) is 5.63. The van der Waals surface area contributed by atoms with E-state index in [0.29, 0.717) is 12.6 Å². The van der Waals surface area contributed by atoms with Gasteiger partial charge in [0.15, 0.2) is 5.96 Å². The molecule has 1 aliphatic heterocycles. The average Bonchev–Trinajstić information content (AvgIpc) is 2.68. The molecule has 28 heavy (non-hydrogen) atoms. The number of rotatable bonds is 8. The predicted molar refractivity (Wildman–Crippen MR) is 114 cm³/mol. The molecule has 0 bridgehead atoms. The van der Waals surface area contributed by atoms with Crippen LogP contribution >= 0.6 is 0 Å². The molecule has 1 heterocycles. The highest BCUT2D eigenvalue weighted by atomic mass is 16.5. The van der Waals surface area contributed by atoms with Crippen molar-refractivity contribution in [1.82, 2.24) is 15.5 Å². The molecule has 0 spiro atoms. The normalized spacial score (nSPS) is 19.2. The minimum Gasteiger partial charge on any atom is -0.490 e. The number of guanidine groups is 1. The Hall–Kier alpha value is -1.79. The van der Waals surface area contributed by atoms with Gasteiger partial charge < -0.3 is 20.1 Å². The van der Waals surface area contributed by atoms with Crippen LogP contribution in [0.25, 0.3) is 0 Å². The first-order chi connectivity index (χ1) is 13.6. The zero-order valence-electron chi connectivity index (χ0n) is 17.7. The first-order valence-corrected chi connectivity index (χ1v) is 10.7. The molecule has 156 valence electrons. The number of nitrogens with one attached hydrogen (secondary N) is 2. The summed E-state index contributed by atoms with van der Waals surface area (Å²) in [7, 11) is 0. The van der Waals surface area contributed by atoms with Crippen molar-refractivity contribution >= 4 is 5.96 Å². The summed E-state index contributed by atoms with van der Waals surface area (Å²) in [4.78, 5) is 7.30. The van der Waals surface area contributed by atoms with Crippen molar-refractivity contribution in [3.63, 3.8) is 0 Å². The van der Waals surface area contributed by atoms with Crippen LogP contribution in [-0.2, 0) is 11.3 Å². The monoisotopic (exact) mass is 388 g/mol. The highest BCUT2D eigenvalue weighted by Crippen LogP contribution is 2.27. The predicted octanol–water partition coefficient (Wildman–Crippen LogP) is 2.78. The second-order valence-corrected chi connectivity index (χ2v) is 8.24. The van der Waals surface area contributed by atoms with Gasteiger partial charge in [-0.05, 0) is 46.1 Å². The summed E-state index contributed by atoms with van der Waals surface area (Å²) in [6.07, 6.45) is 3.99.